The first-order chi connectivity index (χ1) is 30.9. The van der Waals surface area contributed by atoms with Crippen LogP contribution < -0.4 is 36.1 Å². The number of hydrogen-bond acceptors (Lipinski definition) is 13. The maximum Gasteiger partial charge on any atom is 0.294 e. The molecule has 0 spiro atoms. The number of thiazole rings is 1. The highest BCUT2D eigenvalue weighted by Crippen LogP contribution is 2.36. The van der Waals surface area contributed by atoms with E-state index in [0.717, 1.165) is 11.6 Å². The van der Waals surface area contributed by atoms with E-state index in [9.17, 15) is 24.0 Å². The van der Waals surface area contributed by atoms with Crippen LogP contribution in [0.15, 0.2) is 78.3 Å². The van der Waals surface area contributed by atoms with Crippen LogP contribution in [-0.2, 0) is 24.0 Å². The Morgan fingerprint density at radius 2 is 1.64 bits per heavy atom. The molecule has 1 saturated heterocycles. The number of para-hydroxylation sites is 2. The SMILES string of the molecule is COc1ccc2c(O[C@H]3C[C@@H](C(=O)NC4CCCCCCC(=O)Nc5ccccc5NC(=O)C4=O)N(C(=O)C(Nc4ccccn4)C(C)C)C3)cc(-c3csc(NC(C)C)n3)nc2c1. The van der Waals surface area contributed by atoms with Crippen molar-refractivity contribution in [1.82, 2.24) is 25.2 Å². The van der Waals surface area contributed by atoms with Gasteiger partial charge in [0.2, 0.25) is 23.5 Å². The highest BCUT2D eigenvalue weighted by molar-refractivity contribution is 7.14. The second-order valence-corrected chi connectivity index (χ2v) is 17.6. The lowest BCUT2D eigenvalue weighted by atomic mass is 10.0. The third-order valence-corrected chi connectivity index (χ3v) is 11.9. The monoisotopic (exact) mass is 889 g/mol. The minimum atomic E-state index is -1.18. The molecule has 1 fully saturated rings. The quantitative estimate of drug-likeness (QED) is 0.0800. The van der Waals surface area contributed by atoms with Gasteiger partial charge in [-0.15, -0.1) is 11.3 Å². The van der Waals surface area contributed by atoms with Crippen molar-refractivity contribution in [3.63, 3.8) is 0 Å². The van der Waals surface area contributed by atoms with Crippen molar-refractivity contribution >= 4 is 74.0 Å². The summed E-state index contributed by atoms with van der Waals surface area (Å²) in [5.41, 5.74) is 2.45. The number of carbonyl (C=O) groups excluding carboxylic acids is 5. The fourth-order valence-electron chi connectivity index (χ4n) is 7.87. The summed E-state index contributed by atoms with van der Waals surface area (Å²) in [5, 5.41) is 18.3. The molecule has 7 rings (SSSR count). The van der Waals surface area contributed by atoms with Crippen molar-refractivity contribution in [2.24, 2.45) is 5.92 Å². The van der Waals surface area contributed by atoms with Gasteiger partial charge in [0.05, 0.1) is 42.3 Å². The molecule has 3 aromatic heterocycles. The number of amides is 4. The number of fused-ring (bicyclic) bond motifs is 2. The molecule has 0 aliphatic carbocycles. The molecule has 17 heteroatoms. The molecule has 4 atom stereocenters. The van der Waals surface area contributed by atoms with E-state index >= 15 is 0 Å². The number of ether oxygens (including phenoxy) is 2. The van der Waals surface area contributed by atoms with Gasteiger partial charge in [0.1, 0.15) is 41.2 Å². The number of anilines is 4. The molecule has 0 saturated carbocycles. The van der Waals surface area contributed by atoms with Crippen molar-refractivity contribution in [1.29, 1.82) is 0 Å². The predicted octanol–water partition coefficient (Wildman–Crippen LogP) is 7.05. The minimum Gasteiger partial charge on any atom is -0.497 e. The number of hydrogen-bond donors (Lipinski definition) is 5. The fraction of sp³-hybridized carbons (Fsp3) is 0.404. The van der Waals surface area contributed by atoms with Crippen molar-refractivity contribution in [3.8, 4) is 22.9 Å². The number of carbonyl (C=O) groups is 5. The molecule has 16 nitrogen and oxygen atoms in total. The maximum atomic E-state index is 14.8. The average Bonchev–Trinajstić information content (AvgIpc) is 3.93. The number of ketones is 1. The van der Waals surface area contributed by atoms with Crippen LogP contribution in [-0.4, -0.2) is 93.2 Å². The van der Waals surface area contributed by atoms with Crippen LogP contribution in [0.2, 0.25) is 0 Å². The summed E-state index contributed by atoms with van der Waals surface area (Å²) in [6, 6.07) is 16.5. The lowest BCUT2D eigenvalue weighted by Crippen LogP contribution is -2.55. The Morgan fingerprint density at radius 3 is 2.38 bits per heavy atom. The second kappa shape index (κ2) is 20.7. The first-order valence-electron chi connectivity index (χ1n) is 21.8. The van der Waals surface area contributed by atoms with Crippen molar-refractivity contribution in [3.05, 3.63) is 78.3 Å². The second-order valence-electron chi connectivity index (χ2n) is 16.7. The van der Waals surface area contributed by atoms with Gasteiger partial charge < -0.3 is 41.0 Å². The van der Waals surface area contributed by atoms with Crippen LogP contribution in [0.3, 0.4) is 0 Å². The highest BCUT2D eigenvalue weighted by Gasteiger charge is 2.45. The number of rotatable bonds is 12. The number of nitrogens with one attached hydrogen (secondary N) is 5. The van der Waals surface area contributed by atoms with E-state index < -0.39 is 41.8 Å². The minimum absolute atomic E-state index is 0.0418. The average molecular weight is 890 g/mol. The van der Waals surface area contributed by atoms with E-state index in [-0.39, 0.29) is 48.8 Å². The molecule has 5 N–H and O–H groups in total. The Kier molecular flexibility index (Phi) is 14.7. The summed E-state index contributed by atoms with van der Waals surface area (Å²) in [4.78, 5) is 85.2. The first-order valence-corrected chi connectivity index (χ1v) is 22.6. The lowest BCUT2D eigenvalue weighted by molar-refractivity contribution is -0.141. The van der Waals surface area contributed by atoms with Crippen LogP contribution >= 0.6 is 11.3 Å². The molecular weight excluding hydrogens is 835 g/mol. The first kappa shape index (κ1) is 45.4. The molecule has 2 aliphatic heterocycles. The zero-order chi connectivity index (χ0) is 45.3. The van der Waals surface area contributed by atoms with Gasteiger partial charge in [-0.1, -0.05) is 51.3 Å². The topological polar surface area (TPSA) is 206 Å². The summed E-state index contributed by atoms with van der Waals surface area (Å²) >= 11 is 1.47. The van der Waals surface area contributed by atoms with Gasteiger partial charge in [0.15, 0.2) is 5.13 Å². The van der Waals surface area contributed by atoms with Gasteiger partial charge >= 0.3 is 0 Å². The fourth-order valence-corrected chi connectivity index (χ4v) is 8.72. The van der Waals surface area contributed by atoms with Crippen molar-refractivity contribution in [2.45, 2.75) is 103 Å². The molecule has 0 radical (unpaired) electrons. The van der Waals surface area contributed by atoms with Gasteiger partial charge in [-0.05, 0) is 69.0 Å². The largest absolute Gasteiger partial charge is 0.497 e. The van der Waals surface area contributed by atoms with Gasteiger partial charge in [0.25, 0.3) is 5.91 Å². The Balaban J connectivity index is 1.20. The predicted molar refractivity (Wildman–Crippen MR) is 248 cm³/mol. The smallest absolute Gasteiger partial charge is 0.294 e. The number of nitrogens with zero attached hydrogens (tertiary/aromatic N) is 4. The van der Waals surface area contributed by atoms with Gasteiger partial charge in [-0.3, -0.25) is 24.0 Å². The van der Waals surface area contributed by atoms with Gasteiger partial charge in [-0.2, -0.15) is 0 Å². The summed E-state index contributed by atoms with van der Waals surface area (Å²) in [5.74, 6) is -1.53. The third kappa shape index (κ3) is 11.1. The number of likely N-dealkylation sites (tertiary alicyclic amines) is 1. The Labute approximate surface area is 376 Å². The number of benzene rings is 2. The summed E-state index contributed by atoms with van der Waals surface area (Å²) in [7, 11) is 1.58. The molecule has 5 heterocycles. The van der Waals surface area contributed by atoms with E-state index in [0.29, 0.717) is 71.0 Å². The zero-order valence-electron chi connectivity index (χ0n) is 36.7. The Hall–Kier alpha value is -6.62. The van der Waals surface area contributed by atoms with Crippen LogP contribution in [0, 0.1) is 5.92 Å². The van der Waals surface area contributed by atoms with Gasteiger partial charge in [-0.25, -0.2) is 15.0 Å². The summed E-state index contributed by atoms with van der Waals surface area (Å²) in [6.07, 6.45) is 4.07. The zero-order valence-corrected chi connectivity index (χ0v) is 37.5. The van der Waals surface area contributed by atoms with Crippen LogP contribution in [0.4, 0.5) is 22.3 Å². The summed E-state index contributed by atoms with van der Waals surface area (Å²) < 4.78 is 12.3. The van der Waals surface area contributed by atoms with E-state index in [1.807, 2.05) is 63.4 Å². The molecule has 64 heavy (non-hydrogen) atoms. The van der Waals surface area contributed by atoms with Crippen molar-refractivity contribution < 1.29 is 33.4 Å². The molecule has 336 valence electrons. The molecule has 4 amide bonds. The highest BCUT2D eigenvalue weighted by atomic mass is 32.1. The molecule has 2 aromatic carbocycles. The van der Waals surface area contributed by atoms with Gasteiger partial charge in [0, 0.05) is 48.0 Å². The number of methoxy groups -OCH3 is 1. The third-order valence-electron chi connectivity index (χ3n) is 11.2. The Morgan fingerprint density at radius 1 is 0.875 bits per heavy atom. The molecule has 0 bridgehead atoms. The Bertz CT molecular complexity index is 2480. The molecule has 5 aromatic rings. The molecular formula is C47H55N9O7S. The van der Waals surface area contributed by atoms with Crippen LogP contribution in [0.5, 0.6) is 11.5 Å². The van der Waals surface area contributed by atoms with E-state index in [1.165, 1.54) is 16.2 Å². The number of pyridine rings is 2. The standard InChI is InChI=1S/C47H55N9O7S/c1-27(2)42(55-40-17-12-13-21-48-40)46(61)56-25-30(63-39-24-36(37-26-64-47(54-37)49-28(3)4)50-35-22-29(62-5)19-20-31(35)39)23-38(56)44(59)53-34-16-8-6-7-9-18-41(57)51-32-14-10-11-15-33(32)52-45(60)43(34)58/h10-15,17,19-22,24,26-28,30,34,38,42H,6-9,16,18,23,25H2,1-5H3,(H,48,55)(H,49,54)(H,51,57)(H,52,60)(H,53,59)/t30-,34?,38-,42?/m0/s1. The maximum absolute atomic E-state index is 14.8. The van der Waals surface area contributed by atoms with Crippen LogP contribution in [0.1, 0.15) is 72.6 Å². The summed E-state index contributed by atoms with van der Waals surface area (Å²) in [6.45, 7) is 7.94. The lowest BCUT2D eigenvalue weighted by Gasteiger charge is -2.31. The number of Topliss-reactive ketones (excluding diaryl/α,β-unsaturated/α-hetero) is 1. The van der Waals surface area contributed by atoms with Crippen molar-refractivity contribution in [2.75, 3.05) is 34.9 Å². The molecule has 2 unspecified atom stereocenters. The van der Waals surface area contributed by atoms with E-state index in [2.05, 4.69) is 31.6 Å². The van der Waals surface area contributed by atoms with Crippen LogP contribution in [0.25, 0.3) is 22.3 Å². The number of aromatic nitrogens is 3. The normalized spacial score (nSPS) is 19.0. The van der Waals surface area contributed by atoms with E-state index in [1.54, 1.807) is 49.7 Å². The molecule has 2 aliphatic rings. The van der Waals surface area contributed by atoms with E-state index in [4.69, 9.17) is 19.4 Å².